The zero-order chi connectivity index (χ0) is 13.8. The summed E-state index contributed by atoms with van der Waals surface area (Å²) < 4.78 is 0. The summed E-state index contributed by atoms with van der Waals surface area (Å²) in [5, 5.41) is 12.4. The van der Waals surface area contributed by atoms with Crippen molar-refractivity contribution in [1.82, 2.24) is 0 Å². The number of phenols is 1. The van der Waals surface area contributed by atoms with Gasteiger partial charge in [-0.1, -0.05) is 23.7 Å². The Hall–Kier alpha value is -2.20. The van der Waals surface area contributed by atoms with E-state index in [0.29, 0.717) is 16.4 Å². The summed E-state index contributed by atoms with van der Waals surface area (Å²) in [5.74, 6) is 0.156. The average molecular weight is 277 g/mol. The number of para-hydroxylation sites is 1. The Morgan fingerprint density at radius 3 is 2.42 bits per heavy atom. The van der Waals surface area contributed by atoms with Crippen LogP contribution in [0.4, 0.5) is 16.2 Å². The Kier molecular flexibility index (Phi) is 3.92. The van der Waals surface area contributed by atoms with Crippen molar-refractivity contribution in [2.45, 2.75) is 0 Å². The number of carbonyl (C=O) groups excluding carboxylic acids is 1. The maximum atomic E-state index is 12.0. The van der Waals surface area contributed by atoms with Crippen LogP contribution in [0.15, 0.2) is 48.5 Å². The highest BCUT2D eigenvalue weighted by Crippen LogP contribution is 2.22. The fraction of sp³-hybridized carbons (Fsp3) is 0.0714. The van der Waals surface area contributed by atoms with E-state index in [1.165, 1.54) is 17.0 Å². The molecule has 0 radical (unpaired) electrons. The van der Waals surface area contributed by atoms with Gasteiger partial charge in [0.1, 0.15) is 5.75 Å². The molecule has 5 heteroatoms. The van der Waals surface area contributed by atoms with Gasteiger partial charge in [-0.2, -0.15) is 0 Å². The largest absolute Gasteiger partial charge is 0.508 e. The van der Waals surface area contributed by atoms with Crippen molar-refractivity contribution in [2.24, 2.45) is 0 Å². The van der Waals surface area contributed by atoms with E-state index in [0.717, 1.165) is 0 Å². The fourth-order valence-corrected chi connectivity index (χ4v) is 1.74. The molecular formula is C14H13ClN2O2. The zero-order valence-corrected chi connectivity index (χ0v) is 11.1. The molecule has 0 atom stereocenters. The number of anilines is 2. The van der Waals surface area contributed by atoms with Crippen LogP contribution in [-0.4, -0.2) is 18.2 Å². The van der Waals surface area contributed by atoms with Crippen LogP contribution < -0.4 is 10.2 Å². The minimum atomic E-state index is -0.307. The predicted molar refractivity (Wildman–Crippen MR) is 77.0 cm³/mol. The van der Waals surface area contributed by atoms with Crippen molar-refractivity contribution in [3.05, 3.63) is 53.6 Å². The summed E-state index contributed by atoms with van der Waals surface area (Å²) in [7, 11) is 1.64. The monoisotopic (exact) mass is 276 g/mol. The molecule has 2 aromatic carbocycles. The molecule has 4 nitrogen and oxygen atoms in total. The molecular weight excluding hydrogens is 264 g/mol. The molecule has 0 aliphatic heterocycles. The van der Waals surface area contributed by atoms with Crippen LogP contribution in [0.5, 0.6) is 5.75 Å². The molecule has 0 unspecified atom stereocenters. The standard InChI is InChI=1S/C14H13ClN2O2/c1-17(10-6-8-11(18)9-7-10)14(19)16-13-5-3-2-4-12(13)15/h2-9,18H,1H3,(H,16,19). The van der Waals surface area contributed by atoms with Crippen LogP contribution in [0.25, 0.3) is 0 Å². The van der Waals surface area contributed by atoms with Crippen LogP contribution in [-0.2, 0) is 0 Å². The number of hydrogen-bond donors (Lipinski definition) is 2. The topological polar surface area (TPSA) is 52.6 Å². The van der Waals surface area contributed by atoms with Gasteiger partial charge in [0.25, 0.3) is 0 Å². The summed E-state index contributed by atoms with van der Waals surface area (Å²) in [6, 6.07) is 13.1. The molecule has 0 aliphatic carbocycles. The van der Waals surface area contributed by atoms with E-state index in [1.54, 1.807) is 43.4 Å². The van der Waals surface area contributed by atoms with Gasteiger partial charge in [0.2, 0.25) is 0 Å². The van der Waals surface area contributed by atoms with E-state index in [-0.39, 0.29) is 11.8 Å². The highest BCUT2D eigenvalue weighted by atomic mass is 35.5. The Balaban J connectivity index is 2.12. The minimum Gasteiger partial charge on any atom is -0.508 e. The number of rotatable bonds is 2. The Bertz CT molecular complexity index is 584. The molecule has 19 heavy (non-hydrogen) atoms. The quantitative estimate of drug-likeness (QED) is 0.878. The lowest BCUT2D eigenvalue weighted by atomic mass is 10.3. The fourth-order valence-electron chi connectivity index (χ4n) is 1.56. The van der Waals surface area contributed by atoms with Gasteiger partial charge in [-0.25, -0.2) is 4.79 Å². The number of nitrogens with zero attached hydrogens (tertiary/aromatic N) is 1. The smallest absolute Gasteiger partial charge is 0.326 e. The van der Waals surface area contributed by atoms with E-state index in [4.69, 9.17) is 11.6 Å². The third-order valence-corrected chi connectivity index (χ3v) is 2.99. The molecule has 0 aromatic heterocycles. The van der Waals surface area contributed by atoms with E-state index in [9.17, 15) is 9.90 Å². The van der Waals surface area contributed by atoms with Gasteiger partial charge < -0.3 is 10.4 Å². The van der Waals surface area contributed by atoms with Crippen LogP contribution in [0, 0.1) is 0 Å². The van der Waals surface area contributed by atoms with Gasteiger partial charge in [0.05, 0.1) is 10.7 Å². The third-order valence-electron chi connectivity index (χ3n) is 2.66. The lowest BCUT2D eigenvalue weighted by molar-refractivity contribution is 0.258. The number of halogens is 1. The first-order valence-electron chi connectivity index (χ1n) is 5.66. The number of phenolic OH excluding ortho intramolecular Hbond substituents is 1. The Morgan fingerprint density at radius 2 is 1.79 bits per heavy atom. The molecule has 0 saturated heterocycles. The van der Waals surface area contributed by atoms with Gasteiger partial charge >= 0.3 is 6.03 Å². The second kappa shape index (κ2) is 5.63. The second-order valence-corrected chi connectivity index (χ2v) is 4.39. The van der Waals surface area contributed by atoms with Gasteiger partial charge in [0, 0.05) is 12.7 Å². The van der Waals surface area contributed by atoms with Gasteiger partial charge in [0.15, 0.2) is 0 Å². The number of urea groups is 1. The van der Waals surface area contributed by atoms with Crippen molar-refractivity contribution >= 4 is 29.0 Å². The average Bonchev–Trinajstić information content (AvgIpc) is 2.41. The molecule has 0 aliphatic rings. The number of carbonyl (C=O) groups is 1. The van der Waals surface area contributed by atoms with Crippen LogP contribution in [0.2, 0.25) is 5.02 Å². The van der Waals surface area contributed by atoms with Crippen LogP contribution in [0.1, 0.15) is 0 Å². The highest BCUT2D eigenvalue weighted by molar-refractivity contribution is 6.33. The maximum Gasteiger partial charge on any atom is 0.326 e. The van der Waals surface area contributed by atoms with Crippen molar-refractivity contribution in [3.8, 4) is 5.75 Å². The maximum absolute atomic E-state index is 12.0. The van der Waals surface area contributed by atoms with Gasteiger partial charge in [-0.05, 0) is 36.4 Å². The molecule has 2 N–H and O–H groups in total. The van der Waals surface area contributed by atoms with E-state index in [1.807, 2.05) is 0 Å². The zero-order valence-electron chi connectivity index (χ0n) is 10.3. The van der Waals surface area contributed by atoms with Crippen LogP contribution >= 0.6 is 11.6 Å². The number of benzene rings is 2. The lowest BCUT2D eigenvalue weighted by Crippen LogP contribution is -2.31. The molecule has 2 aromatic rings. The first-order valence-corrected chi connectivity index (χ1v) is 6.04. The number of aromatic hydroxyl groups is 1. The van der Waals surface area contributed by atoms with Gasteiger partial charge in [-0.15, -0.1) is 0 Å². The lowest BCUT2D eigenvalue weighted by Gasteiger charge is -2.18. The normalized spacial score (nSPS) is 10.0. The summed E-state index contributed by atoms with van der Waals surface area (Å²) in [5.41, 5.74) is 1.22. The molecule has 0 heterocycles. The molecule has 0 fully saturated rings. The molecule has 0 bridgehead atoms. The van der Waals surface area contributed by atoms with Gasteiger partial charge in [-0.3, -0.25) is 4.90 Å². The Labute approximate surface area is 116 Å². The minimum absolute atomic E-state index is 0.156. The molecule has 0 saturated carbocycles. The number of amides is 2. The molecule has 0 spiro atoms. The molecule has 2 amide bonds. The summed E-state index contributed by atoms with van der Waals surface area (Å²) in [4.78, 5) is 13.5. The molecule has 2 rings (SSSR count). The second-order valence-electron chi connectivity index (χ2n) is 3.99. The van der Waals surface area contributed by atoms with E-state index in [2.05, 4.69) is 5.32 Å². The summed E-state index contributed by atoms with van der Waals surface area (Å²) in [6.45, 7) is 0. The first kappa shape index (κ1) is 13.2. The van der Waals surface area contributed by atoms with Crippen LogP contribution in [0.3, 0.4) is 0 Å². The van der Waals surface area contributed by atoms with Crippen molar-refractivity contribution < 1.29 is 9.90 Å². The summed E-state index contributed by atoms with van der Waals surface area (Å²) in [6.07, 6.45) is 0. The van der Waals surface area contributed by atoms with Crippen molar-refractivity contribution in [2.75, 3.05) is 17.3 Å². The van der Waals surface area contributed by atoms with E-state index >= 15 is 0 Å². The SMILES string of the molecule is CN(C(=O)Nc1ccccc1Cl)c1ccc(O)cc1. The first-order chi connectivity index (χ1) is 9.08. The predicted octanol–water partition coefficient (Wildman–Crippen LogP) is 3.71. The van der Waals surface area contributed by atoms with Crippen molar-refractivity contribution in [1.29, 1.82) is 0 Å². The third kappa shape index (κ3) is 3.17. The summed E-state index contributed by atoms with van der Waals surface area (Å²) >= 11 is 5.97. The highest BCUT2D eigenvalue weighted by Gasteiger charge is 2.12. The molecule has 98 valence electrons. The van der Waals surface area contributed by atoms with E-state index < -0.39 is 0 Å². The van der Waals surface area contributed by atoms with Crippen molar-refractivity contribution in [3.63, 3.8) is 0 Å². The number of hydrogen-bond acceptors (Lipinski definition) is 2. The number of nitrogens with one attached hydrogen (secondary N) is 1. The Morgan fingerprint density at radius 1 is 1.16 bits per heavy atom.